The van der Waals surface area contributed by atoms with Crippen LogP contribution in [0.1, 0.15) is 26.3 Å². The first-order valence-corrected chi connectivity index (χ1v) is 14.0. The van der Waals surface area contributed by atoms with Crippen LogP contribution >= 0.6 is 32.9 Å². The molecule has 1 amide bonds. The lowest BCUT2D eigenvalue weighted by molar-refractivity contribution is -0.384. The fourth-order valence-corrected chi connectivity index (χ4v) is 7.96. The molecule has 0 bridgehead atoms. The number of ether oxygens (including phenoxy) is 1. The number of aliphatic hydroxyl groups is 2. The molecule has 2 heterocycles. The Balaban J connectivity index is 1.51. The molecular formula is C24H23N3O7S3. The molecule has 13 heteroatoms. The average molecular weight is 562 g/mol. The fourth-order valence-electron chi connectivity index (χ4n) is 3.78. The zero-order valence-corrected chi connectivity index (χ0v) is 22.4. The number of likely N-dealkylation sites (tertiary alicyclic amines) is 1. The highest BCUT2D eigenvalue weighted by atomic mass is 33.1. The number of rotatable bonds is 9. The second-order valence-corrected chi connectivity index (χ2v) is 12.4. The topological polar surface area (TPSA) is 143 Å². The third-order valence-corrected chi connectivity index (χ3v) is 9.60. The number of fused-ring (bicyclic) bond motifs is 1. The number of benzene rings is 2. The Morgan fingerprint density at radius 1 is 1.24 bits per heavy atom. The maximum Gasteiger partial charge on any atom is 0.358 e. The van der Waals surface area contributed by atoms with E-state index in [1.54, 1.807) is 0 Å². The van der Waals surface area contributed by atoms with Gasteiger partial charge in [0.05, 0.1) is 26.7 Å². The summed E-state index contributed by atoms with van der Waals surface area (Å²) in [6.07, 6.45) is 0. The highest BCUT2D eigenvalue weighted by molar-refractivity contribution is 8.77. The third kappa shape index (κ3) is 5.74. The van der Waals surface area contributed by atoms with E-state index < -0.39 is 39.5 Å². The first-order chi connectivity index (χ1) is 17.5. The number of amides is 1. The number of aliphatic hydroxyl groups excluding tert-OH is 1. The minimum absolute atomic E-state index is 0.101. The van der Waals surface area contributed by atoms with Gasteiger partial charge in [-0.05, 0) is 61.4 Å². The summed E-state index contributed by atoms with van der Waals surface area (Å²) < 4.78 is 7.07. The number of carbonyl (C=O) groups excluding carboxylic acids is 2. The van der Waals surface area contributed by atoms with Crippen molar-refractivity contribution >= 4 is 60.7 Å². The lowest BCUT2D eigenvalue weighted by Gasteiger charge is -2.50. The average Bonchev–Trinajstić information content (AvgIpc) is 3.25. The summed E-state index contributed by atoms with van der Waals surface area (Å²) in [4.78, 5) is 42.1. The third-order valence-electron chi connectivity index (χ3n) is 5.59. The number of hydrogen-bond acceptors (Lipinski definition) is 11. The summed E-state index contributed by atoms with van der Waals surface area (Å²) in [6.45, 7) is 4.09. The summed E-state index contributed by atoms with van der Waals surface area (Å²) in [6, 6.07) is 13.1. The SMILES string of the molecule is CC(O)=C(C(=O)OCc1ccc([N+](=O)[O-])cc1)N1C(=O)C(C(C)(C)O)[C@H]1SSc1nc2ccccc2s1. The van der Waals surface area contributed by atoms with Gasteiger partial charge >= 0.3 is 5.97 Å². The maximum atomic E-state index is 13.1. The number of esters is 1. The van der Waals surface area contributed by atoms with Gasteiger partial charge in [0.2, 0.25) is 5.91 Å². The number of aromatic nitrogens is 1. The Labute approximate surface area is 223 Å². The number of allylic oxidation sites excluding steroid dienone is 1. The van der Waals surface area contributed by atoms with E-state index in [1.807, 2.05) is 24.3 Å². The predicted molar refractivity (Wildman–Crippen MR) is 142 cm³/mol. The lowest BCUT2D eigenvalue weighted by atomic mass is 9.82. The van der Waals surface area contributed by atoms with Crippen LogP contribution in [0, 0.1) is 16.0 Å². The van der Waals surface area contributed by atoms with Crippen molar-refractivity contribution in [1.29, 1.82) is 0 Å². The quantitative estimate of drug-likeness (QED) is 0.0694. The summed E-state index contributed by atoms with van der Waals surface area (Å²) in [5, 5.41) is 31.1. The molecule has 2 aromatic carbocycles. The molecule has 1 aromatic heterocycles. The molecule has 1 unspecified atom stereocenters. The second kappa shape index (κ2) is 10.7. The van der Waals surface area contributed by atoms with Gasteiger partial charge in [-0.1, -0.05) is 22.9 Å². The minimum atomic E-state index is -1.38. The largest absolute Gasteiger partial charge is 0.510 e. The van der Waals surface area contributed by atoms with Crippen LogP contribution in [-0.2, 0) is 20.9 Å². The molecule has 1 fully saturated rings. The van der Waals surface area contributed by atoms with Gasteiger partial charge in [-0.25, -0.2) is 9.78 Å². The smallest absolute Gasteiger partial charge is 0.358 e. The zero-order chi connectivity index (χ0) is 26.9. The fraction of sp³-hybridized carbons (Fsp3) is 0.292. The highest BCUT2D eigenvalue weighted by Crippen LogP contribution is 2.50. The summed E-state index contributed by atoms with van der Waals surface area (Å²) in [5.41, 5.74) is -0.462. The van der Waals surface area contributed by atoms with Crippen LogP contribution in [0.15, 0.2) is 64.3 Å². The molecule has 2 atom stereocenters. The van der Waals surface area contributed by atoms with E-state index in [-0.39, 0.29) is 18.0 Å². The standard InChI is InChI=1S/C24H23N3O7S3/c1-13(28)19(22(30)34-12-14-8-10-15(11-9-14)27(32)33)26-20(29)18(24(2,3)31)21(26)36-37-23-25-16-6-4-5-7-17(16)35-23/h4-11,18,21,28,31H,12H2,1-3H3/t18?,21-/m1/s1. The van der Waals surface area contributed by atoms with Gasteiger partial charge in [-0.15, -0.1) is 11.3 Å². The normalized spacial score (nSPS) is 18.4. The number of β-lactam (4-membered cyclic amide) rings is 1. The van der Waals surface area contributed by atoms with Crippen molar-refractivity contribution in [2.75, 3.05) is 0 Å². The summed E-state index contributed by atoms with van der Waals surface area (Å²) in [5.74, 6) is -2.70. The van der Waals surface area contributed by atoms with Gasteiger partial charge in [0.25, 0.3) is 5.69 Å². The molecule has 1 aliphatic rings. The number of nitro benzene ring substituents is 1. The zero-order valence-electron chi connectivity index (χ0n) is 20.0. The molecule has 1 saturated heterocycles. The summed E-state index contributed by atoms with van der Waals surface area (Å²) >= 11 is 1.48. The van der Waals surface area contributed by atoms with E-state index in [1.165, 1.54) is 78.0 Å². The Bertz CT molecular complexity index is 1350. The van der Waals surface area contributed by atoms with Crippen molar-refractivity contribution in [2.24, 2.45) is 5.92 Å². The van der Waals surface area contributed by atoms with E-state index in [4.69, 9.17) is 4.74 Å². The van der Waals surface area contributed by atoms with Crippen LogP contribution in [0.25, 0.3) is 10.2 Å². The molecule has 0 spiro atoms. The number of carbonyl (C=O) groups is 2. The van der Waals surface area contributed by atoms with Crippen LogP contribution in [-0.4, -0.2) is 47.9 Å². The number of nitrogens with zero attached hydrogens (tertiary/aromatic N) is 3. The van der Waals surface area contributed by atoms with Gasteiger partial charge in [0.15, 0.2) is 10.0 Å². The Hall–Kier alpha value is -3.13. The molecule has 4 rings (SSSR count). The van der Waals surface area contributed by atoms with Crippen LogP contribution in [0.3, 0.4) is 0 Å². The van der Waals surface area contributed by atoms with Crippen molar-refractivity contribution < 1.29 is 29.5 Å². The first kappa shape index (κ1) is 26.9. The highest BCUT2D eigenvalue weighted by Gasteiger charge is 2.57. The van der Waals surface area contributed by atoms with Crippen molar-refractivity contribution in [3.63, 3.8) is 0 Å². The predicted octanol–water partition coefficient (Wildman–Crippen LogP) is 5.03. The van der Waals surface area contributed by atoms with Crippen molar-refractivity contribution in [3.8, 4) is 0 Å². The number of hydrogen-bond donors (Lipinski definition) is 2. The van der Waals surface area contributed by atoms with E-state index in [2.05, 4.69) is 4.98 Å². The van der Waals surface area contributed by atoms with Gasteiger partial charge < -0.3 is 14.9 Å². The Morgan fingerprint density at radius 2 is 1.92 bits per heavy atom. The van der Waals surface area contributed by atoms with Gasteiger partial charge in [0, 0.05) is 12.1 Å². The van der Waals surface area contributed by atoms with Crippen molar-refractivity contribution in [3.05, 3.63) is 75.7 Å². The monoisotopic (exact) mass is 561 g/mol. The minimum Gasteiger partial charge on any atom is -0.510 e. The van der Waals surface area contributed by atoms with Crippen LogP contribution < -0.4 is 0 Å². The van der Waals surface area contributed by atoms with Gasteiger partial charge in [-0.3, -0.25) is 19.8 Å². The number of nitro groups is 1. The molecule has 1 aliphatic heterocycles. The number of thiazole rings is 1. The first-order valence-electron chi connectivity index (χ1n) is 11.0. The lowest BCUT2D eigenvalue weighted by Crippen LogP contribution is -2.66. The summed E-state index contributed by atoms with van der Waals surface area (Å²) in [7, 11) is 2.57. The molecule has 194 valence electrons. The molecular weight excluding hydrogens is 538 g/mol. The molecule has 10 nitrogen and oxygen atoms in total. The van der Waals surface area contributed by atoms with Crippen molar-refractivity contribution in [2.45, 2.75) is 42.7 Å². The van der Waals surface area contributed by atoms with E-state index >= 15 is 0 Å². The Kier molecular flexibility index (Phi) is 7.78. The number of non-ortho nitro benzene ring substituents is 1. The van der Waals surface area contributed by atoms with E-state index in [0.29, 0.717) is 5.56 Å². The molecule has 37 heavy (non-hydrogen) atoms. The van der Waals surface area contributed by atoms with Crippen LogP contribution in [0.2, 0.25) is 0 Å². The maximum absolute atomic E-state index is 13.1. The molecule has 0 aliphatic carbocycles. The second-order valence-electron chi connectivity index (χ2n) is 8.79. The van der Waals surface area contributed by atoms with Gasteiger partial charge in [-0.2, -0.15) is 0 Å². The van der Waals surface area contributed by atoms with Gasteiger partial charge in [0.1, 0.15) is 17.7 Å². The molecule has 0 radical (unpaired) electrons. The van der Waals surface area contributed by atoms with Crippen LogP contribution in [0.4, 0.5) is 5.69 Å². The van der Waals surface area contributed by atoms with E-state index in [9.17, 15) is 29.9 Å². The number of para-hydroxylation sites is 1. The van der Waals surface area contributed by atoms with Crippen molar-refractivity contribution in [1.82, 2.24) is 9.88 Å². The molecule has 3 aromatic rings. The Morgan fingerprint density at radius 3 is 2.51 bits per heavy atom. The molecule has 2 N–H and O–H groups in total. The molecule has 0 saturated carbocycles. The van der Waals surface area contributed by atoms with E-state index in [0.717, 1.165) is 19.5 Å². The van der Waals surface area contributed by atoms with Crippen LogP contribution in [0.5, 0.6) is 0 Å².